The third-order valence-electron chi connectivity index (χ3n) is 2.84. The molecule has 1 aromatic carbocycles. The fourth-order valence-corrected chi connectivity index (χ4v) is 1.80. The molecule has 0 saturated carbocycles. The Bertz CT molecular complexity index is 406. The predicted molar refractivity (Wildman–Crippen MR) is 80.3 cm³/mol. The molecule has 0 aromatic heterocycles. The van der Waals surface area contributed by atoms with Crippen molar-refractivity contribution in [2.24, 2.45) is 10.8 Å². The molecule has 0 atom stereocenters. The van der Waals surface area contributed by atoms with E-state index in [0.29, 0.717) is 12.5 Å². The van der Waals surface area contributed by atoms with Gasteiger partial charge in [-0.15, -0.1) is 0 Å². The molecule has 0 spiro atoms. The first kappa shape index (κ1) is 15.5. The number of aryl methyl sites for hydroxylation is 1. The predicted octanol–water partition coefficient (Wildman–Crippen LogP) is 1.68. The van der Waals surface area contributed by atoms with E-state index in [0.717, 1.165) is 25.3 Å². The van der Waals surface area contributed by atoms with Gasteiger partial charge < -0.3 is 9.64 Å². The van der Waals surface area contributed by atoms with E-state index in [4.69, 9.17) is 10.6 Å². The van der Waals surface area contributed by atoms with Gasteiger partial charge >= 0.3 is 0 Å². The number of nitrogens with one attached hydrogen (secondary N) is 1. The average Bonchev–Trinajstić information content (AvgIpc) is 2.43. The standard InChI is InChI=1S/C14H24N4O/c1-4-19-11-7-10-16-14(17-15)18(3)13-9-6-5-8-12(13)2/h5-6,8-9H,4,7,10-11,15H2,1-3H3,(H,16,17). The van der Waals surface area contributed by atoms with Crippen LogP contribution in [0.25, 0.3) is 0 Å². The Hall–Kier alpha value is -1.59. The number of ether oxygens (including phenoxy) is 1. The third kappa shape index (κ3) is 4.89. The van der Waals surface area contributed by atoms with E-state index in [9.17, 15) is 0 Å². The number of aliphatic imine (C=N–C) groups is 1. The fraction of sp³-hybridized carbons (Fsp3) is 0.500. The van der Waals surface area contributed by atoms with Crippen LogP contribution in [0, 0.1) is 6.92 Å². The van der Waals surface area contributed by atoms with Crippen LogP contribution in [0.4, 0.5) is 5.69 Å². The third-order valence-corrected chi connectivity index (χ3v) is 2.84. The van der Waals surface area contributed by atoms with Gasteiger partial charge in [-0.2, -0.15) is 0 Å². The topological polar surface area (TPSA) is 62.9 Å². The lowest BCUT2D eigenvalue weighted by Crippen LogP contribution is -2.43. The van der Waals surface area contributed by atoms with Crippen molar-refractivity contribution in [2.45, 2.75) is 20.3 Å². The number of benzene rings is 1. The largest absolute Gasteiger partial charge is 0.382 e. The molecule has 3 N–H and O–H groups in total. The van der Waals surface area contributed by atoms with E-state index in [1.807, 2.05) is 37.1 Å². The minimum atomic E-state index is 0.658. The molecule has 0 heterocycles. The van der Waals surface area contributed by atoms with Crippen molar-refractivity contribution in [3.05, 3.63) is 29.8 Å². The van der Waals surface area contributed by atoms with Gasteiger partial charge in [-0.05, 0) is 31.9 Å². The summed E-state index contributed by atoms with van der Waals surface area (Å²) in [6.07, 6.45) is 0.890. The number of para-hydroxylation sites is 1. The molecule has 0 aliphatic rings. The molecule has 0 radical (unpaired) electrons. The smallest absolute Gasteiger partial charge is 0.212 e. The second-order valence-corrected chi connectivity index (χ2v) is 4.25. The lowest BCUT2D eigenvalue weighted by molar-refractivity contribution is 0.146. The summed E-state index contributed by atoms with van der Waals surface area (Å²) in [5, 5.41) is 0. The van der Waals surface area contributed by atoms with Gasteiger partial charge in [0.2, 0.25) is 5.96 Å². The number of hydrogen-bond donors (Lipinski definition) is 2. The molecule has 0 amide bonds. The Kier molecular flexibility index (Phi) is 6.92. The lowest BCUT2D eigenvalue weighted by atomic mass is 10.2. The van der Waals surface area contributed by atoms with Gasteiger partial charge in [0.25, 0.3) is 0 Å². The second kappa shape index (κ2) is 8.50. The Balaban J connectivity index is 2.63. The first-order valence-corrected chi connectivity index (χ1v) is 6.58. The van der Waals surface area contributed by atoms with Gasteiger partial charge in [0, 0.05) is 32.5 Å². The van der Waals surface area contributed by atoms with Crippen molar-refractivity contribution in [3.8, 4) is 0 Å². The summed E-state index contributed by atoms with van der Waals surface area (Å²) < 4.78 is 5.28. The Labute approximate surface area is 115 Å². The minimum absolute atomic E-state index is 0.658. The number of nitrogens with two attached hydrogens (primary N) is 1. The number of rotatable bonds is 6. The van der Waals surface area contributed by atoms with Crippen LogP contribution in [0.5, 0.6) is 0 Å². The average molecular weight is 264 g/mol. The number of anilines is 1. The summed E-state index contributed by atoms with van der Waals surface area (Å²) in [5.74, 6) is 6.21. The van der Waals surface area contributed by atoms with Gasteiger partial charge in [0.1, 0.15) is 0 Å². The number of nitrogens with zero attached hydrogens (tertiary/aromatic N) is 2. The highest BCUT2D eigenvalue weighted by molar-refractivity contribution is 5.95. The summed E-state index contributed by atoms with van der Waals surface area (Å²) in [4.78, 5) is 6.41. The van der Waals surface area contributed by atoms with Crippen LogP contribution in [-0.2, 0) is 4.74 Å². The summed E-state index contributed by atoms with van der Waals surface area (Å²) in [7, 11) is 1.95. The zero-order chi connectivity index (χ0) is 14.1. The van der Waals surface area contributed by atoms with E-state index >= 15 is 0 Å². The molecular weight excluding hydrogens is 240 g/mol. The molecule has 106 valence electrons. The van der Waals surface area contributed by atoms with E-state index in [-0.39, 0.29) is 0 Å². The molecular formula is C14H24N4O. The molecule has 0 aliphatic heterocycles. The molecule has 0 unspecified atom stereocenters. The Morgan fingerprint density at radius 3 is 2.79 bits per heavy atom. The zero-order valence-electron chi connectivity index (χ0n) is 12.0. The van der Waals surface area contributed by atoms with E-state index in [1.54, 1.807) is 0 Å². The van der Waals surface area contributed by atoms with E-state index in [2.05, 4.69) is 23.4 Å². The molecule has 1 aromatic rings. The molecule has 0 fully saturated rings. The molecule has 19 heavy (non-hydrogen) atoms. The number of hydrazine groups is 1. The van der Waals surface area contributed by atoms with Crippen molar-refractivity contribution in [1.29, 1.82) is 0 Å². The first-order valence-electron chi connectivity index (χ1n) is 6.58. The van der Waals surface area contributed by atoms with E-state index < -0.39 is 0 Å². The van der Waals surface area contributed by atoms with Gasteiger partial charge in [-0.3, -0.25) is 10.4 Å². The highest BCUT2D eigenvalue weighted by Gasteiger charge is 2.08. The zero-order valence-corrected chi connectivity index (χ0v) is 12.0. The minimum Gasteiger partial charge on any atom is -0.382 e. The van der Waals surface area contributed by atoms with Crippen molar-refractivity contribution in [3.63, 3.8) is 0 Å². The van der Waals surface area contributed by atoms with Crippen LogP contribution in [-0.4, -0.2) is 32.8 Å². The maximum Gasteiger partial charge on any atom is 0.212 e. The van der Waals surface area contributed by atoms with Crippen LogP contribution in [0.15, 0.2) is 29.3 Å². The monoisotopic (exact) mass is 264 g/mol. The van der Waals surface area contributed by atoms with Crippen LogP contribution in [0.2, 0.25) is 0 Å². The summed E-state index contributed by atoms with van der Waals surface area (Å²) >= 11 is 0. The molecule has 0 bridgehead atoms. The van der Waals surface area contributed by atoms with Gasteiger partial charge in [-0.25, -0.2) is 5.84 Å². The van der Waals surface area contributed by atoms with Gasteiger partial charge in [0.15, 0.2) is 0 Å². The van der Waals surface area contributed by atoms with Crippen LogP contribution < -0.4 is 16.2 Å². The molecule has 5 nitrogen and oxygen atoms in total. The van der Waals surface area contributed by atoms with Crippen molar-refractivity contribution < 1.29 is 4.74 Å². The Morgan fingerprint density at radius 1 is 1.42 bits per heavy atom. The summed E-state index contributed by atoms with van der Waals surface area (Å²) in [6.45, 7) is 6.22. The normalized spacial score (nSPS) is 11.5. The number of guanidine groups is 1. The van der Waals surface area contributed by atoms with Crippen molar-refractivity contribution >= 4 is 11.6 Å². The quantitative estimate of drug-likeness (QED) is 0.270. The maximum atomic E-state index is 5.55. The highest BCUT2D eigenvalue weighted by atomic mass is 16.5. The van der Waals surface area contributed by atoms with E-state index in [1.165, 1.54) is 5.56 Å². The summed E-state index contributed by atoms with van der Waals surface area (Å²) in [6, 6.07) is 8.13. The lowest BCUT2D eigenvalue weighted by Gasteiger charge is -2.22. The second-order valence-electron chi connectivity index (χ2n) is 4.25. The van der Waals surface area contributed by atoms with Crippen molar-refractivity contribution in [2.75, 3.05) is 31.7 Å². The molecule has 1 rings (SSSR count). The van der Waals surface area contributed by atoms with Crippen LogP contribution >= 0.6 is 0 Å². The summed E-state index contributed by atoms with van der Waals surface area (Å²) in [5.41, 5.74) is 4.92. The molecule has 5 heteroatoms. The fourth-order valence-electron chi connectivity index (χ4n) is 1.80. The van der Waals surface area contributed by atoms with Gasteiger partial charge in [0.05, 0.1) is 0 Å². The number of hydrogen-bond acceptors (Lipinski definition) is 3. The van der Waals surface area contributed by atoms with Crippen LogP contribution in [0.1, 0.15) is 18.9 Å². The highest BCUT2D eigenvalue weighted by Crippen LogP contribution is 2.17. The van der Waals surface area contributed by atoms with Gasteiger partial charge in [-0.1, -0.05) is 18.2 Å². The molecule has 0 saturated heterocycles. The van der Waals surface area contributed by atoms with Crippen molar-refractivity contribution in [1.82, 2.24) is 5.43 Å². The Morgan fingerprint density at radius 2 is 2.16 bits per heavy atom. The SMILES string of the molecule is CCOCCCN=C(NN)N(C)c1ccccc1C. The maximum absolute atomic E-state index is 5.55. The van der Waals surface area contributed by atoms with Crippen LogP contribution in [0.3, 0.4) is 0 Å². The first-order chi connectivity index (χ1) is 9.20. The molecule has 0 aliphatic carbocycles.